The highest BCUT2D eigenvalue weighted by Crippen LogP contribution is 2.18. The number of carbonyl (C=O) groups excluding carboxylic acids is 1. The minimum Gasteiger partial charge on any atom is -0.346 e. The van der Waals surface area contributed by atoms with Crippen molar-refractivity contribution in [2.45, 2.75) is 13.5 Å². The van der Waals surface area contributed by atoms with Gasteiger partial charge in [-0.05, 0) is 36.2 Å². The number of carbonyl (C=O) groups is 1. The number of benzene rings is 1. The second-order valence-electron chi connectivity index (χ2n) is 5.34. The second-order valence-corrected chi connectivity index (χ2v) is 5.34. The van der Waals surface area contributed by atoms with Gasteiger partial charge in [0.1, 0.15) is 0 Å². The number of nitrogens with zero attached hydrogens (tertiary/aromatic N) is 2. The molecule has 114 valence electrons. The molecule has 0 bridgehead atoms. The van der Waals surface area contributed by atoms with E-state index in [9.17, 15) is 4.79 Å². The molecule has 0 atom stereocenters. The molecule has 0 aliphatic carbocycles. The lowest BCUT2D eigenvalue weighted by molar-refractivity contribution is 0.0950. The third-order valence-corrected chi connectivity index (χ3v) is 3.51. The number of hydrogen-bond acceptors (Lipinski definition) is 3. The van der Waals surface area contributed by atoms with Gasteiger partial charge in [-0.25, -0.2) is 0 Å². The molecule has 0 spiro atoms. The van der Waals surface area contributed by atoms with Gasteiger partial charge in [-0.1, -0.05) is 30.3 Å². The van der Waals surface area contributed by atoms with Crippen LogP contribution in [-0.2, 0) is 6.54 Å². The van der Waals surface area contributed by atoms with E-state index in [0.29, 0.717) is 12.1 Å². The van der Waals surface area contributed by atoms with E-state index in [4.69, 9.17) is 0 Å². The Hall–Kier alpha value is -3.01. The van der Waals surface area contributed by atoms with Gasteiger partial charge in [-0.15, -0.1) is 0 Å². The van der Waals surface area contributed by atoms with Gasteiger partial charge in [0.05, 0.1) is 17.8 Å². The van der Waals surface area contributed by atoms with E-state index in [1.807, 2.05) is 55.5 Å². The summed E-state index contributed by atoms with van der Waals surface area (Å²) >= 11 is 0. The van der Waals surface area contributed by atoms with Crippen molar-refractivity contribution in [3.8, 4) is 11.1 Å². The van der Waals surface area contributed by atoms with Gasteiger partial charge in [0.25, 0.3) is 5.91 Å². The predicted octanol–water partition coefficient (Wildman–Crippen LogP) is 3.38. The topological polar surface area (TPSA) is 54.9 Å². The lowest BCUT2D eigenvalue weighted by atomic mass is 10.1. The Balaban J connectivity index is 1.73. The Bertz CT molecular complexity index is 816. The quantitative estimate of drug-likeness (QED) is 0.804. The van der Waals surface area contributed by atoms with Crippen molar-refractivity contribution in [2.75, 3.05) is 0 Å². The zero-order valence-corrected chi connectivity index (χ0v) is 12.9. The maximum absolute atomic E-state index is 12.3. The Labute approximate surface area is 135 Å². The molecule has 0 aliphatic heterocycles. The Morgan fingerprint density at radius 1 is 1.04 bits per heavy atom. The van der Waals surface area contributed by atoms with Gasteiger partial charge in [0.15, 0.2) is 0 Å². The number of amides is 1. The summed E-state index contributed by atoms with van der Waals surface area (Å²) in [5.41, 5.74) is 4.46. The summed E-state index contributed by atoms with van der Waals surface area (Å²) < 4.78 is 0. The molecule has 1 N–H and O–H groups in total. The molecular formula is C19H17N3O. The average molecular weight is 303 g/mol. The molecule has 1 aromatic carbocycles. The van der Waals surface area contributed by atoms with Crippen LogP contribution in [0.25, 0.3) is 11.1 Å². The van der Waals surface area contributed by atoms with E-state index < -0.39 is 0 Å². The summed E-state index contributed by atoms with van der Waals surface area (Å²) in [7, 11) is 0. The van der Waals surface area contributed by atoms with Gasteiger partial charge >= 0.3 is 0 Å². The van der Waals surface area contributed by atoms with E-state index >= 15 is 0 Å². The van der Waals surface area contributed by atoms with Crippen molar-refractivity contribution in [1.29, 1.82) is 0 Å². The van der Waals surface area contributed by atoms with Crippen molar-refractivity contribution >= 4 is 5.91 Å². The number of nitrogens with one attached hydrogen (secondary N) is 1. The van der Waals surface area contributed by atoms with Crippen molar-refractivity contribution in [3.05, 3.63) is 83.9 Å². The van der Waals surface area contributed by atoms with E-state index in [1.165, 1.54) is 0 Å². The molecule has 0 unspecified atom stereocenters. The maximum atomic E-state index is 12.3. The molecule has 2 heterocycles. The zero-order valence-electron chi connectivity index (χ0n) is 12.9. The monoisotopic (exact) mass is 303 g/mol. The first-order valence-electron chi connectivity index (χ1n) is 7.42. The fraction of sp³-hybridized carbons (Fsp3) is 0.105. The molecule has 4 nitrogen and oxygen atoms in total. The number of rotatable bonds is 4. The van der Waals surface area contributed by atoms with E-state index in [1.54, 1.807) is 18.6 Å². The summed E-state index contributed by atoms with van der Waals surface area (Å²) in [4.78, 5) is 20.7. The fourth-order valence-corrected chi connectivity index (χ4v) is 2.32. The highest BCUT2D eigenvalue weighted by atomic mass is 16.1. The van der Waals surface area contributed by atoms with Gasteiger partial charge in [0.2, 0.25) is 0 Å². The molecule has 0 aliphatic rings. The van der Waals surface area contributed by atoms with Crippen molar-refractivity contribution in [3.63, 3.8) is 0 Å². The number of hydrogen-bond donors (Lipinski definition) is 1. The molecule has 0 fully saturated rings. The number of aromatic nitrogens is 2. The number of pyridine rings is 2. The molecule has 1 amide bonds. The van der Waals surface area contributed by atoms with E-state index in [2.05, 4.69) is 15.3 Å². The zero-order chi connectivity index (χ0) is 16.1. The summed E-state index contributed by atoms with van der Waals surface area (Å²) in [6.45, 7) is 2.40. The number of aryl methyl sites for hydroxylation is 1. The van der Waals surface area contributed by atoms with Crippen LogP contribution in [0, 0.1) is 6.92 Å². The normalized spacial score (nSPS) is 10.3. The molecule has 23 heavy (non-hydrogen) atoms. The highest BCUT2D eigenvalue weighted by Gasteiger charge is 2.08. The van der Waals surface area contributed by atoms with Crippen LogP contribution in [0.3, 0.4) is 0 Å². The van der Waals surface area contributed by atoms with Crippen LogP contribution in [0.1, 0.15) is 21.6 Å². The predicted molar refractivity (Wildman–Crippen MR) is 89.8 cm³/mol. The molecule has 0 saturated carbocycles. The Kier molecular flexibility index (Phi) is 4.43. The molecule has 0 radical (unpaired) electrons. The van der Waals surface area contributed by atoms with Crippen LogP contribution in [-0.4, -0.2) is 15.9 Å². The molecular weight excluding hydrogens is 286 g/mol. The van der Waals surface area contributed by atoms with Crippen molar-refractivity contribution in [2.24, 2.45) is 0 Å². The minimum absolute atomic E-state index is 0.154. The molecule has 4 heteroatoms. The summed E-state index contributed by atoms with van der Waals surface area (Å²) in [5.74, 6) is -0.154. The smallest absolute Gasteiger partial charge is 0.253 e. The molecule has 0 saturated heterocycles. The fourth-order valence-electron chi connectivity index (χ4n) is 2.32. The molecule has 3 aromatic rings. The van der Waals surface area contributed by atoms with Crippen molar-refractivity contribution < 1.29 is 4.79 Å². The standard InChI is InChI=1S/C19H17N3O/c1-14-7-8-21-18(9-14)13-22-19(23)17-10-16(11-20-12-17)15-5-3-2-4-6-15/h2-12H,13H2,1H3,(H,22,23). The van der Waals surface area contributed by atoms with E-state index in [0.717, 1.165) is 22.4 Å². The van der Waals surface area contributed by atoms with Crippen molar-refractivity contribution in [1.82, 2.24) is 15.3 Å². The average Bonchev–Trinajstić information content (AvgIpc) is 2.61. The third kappa shape index (κ3) is 3.80. The van der Waals surface area contributed by atoms with Crippen LogP contribution in [0.15, 0.2) is 67.1 Å². The first-order chi connectivity index (χ1) is 11.2. The summed E-state index contributed by atoms with van der Waals surface area (Å²) in [6.07, 6.45) is 5.08. The summed E-state index contributed by atoms with van der Waals surface area (Å²) in [6, 6.07) is 15.6. The first-order valence-corrected chi connectivity index (χ1v) is 7.42. The first kappa shape index (κ1) is 14.9. The molecule has 3 rings (SSSR count). The Morgan fingerprint density at radius 2 is 1.87 bits per heavy atom. The van der Waals surface area contributed by atoms with Gasteiger partial charge in [-0.2, -0.15) is 0 Å². The van der Waals surface area contributed by atoms with Gasteiger partial charge < -0.3 is 5.32 Å². The largest absolute Gasteiger partial charge is 0.346 e. The third-order valence-electron chi connectivity index (χ3n) is 3.51. The lowest BCUT2D eigenvalue weighted by Gasteiger charge is -2.07. The summed E-state index contributed by atoms with van der Waals surface area (Å²) in [5, 5.41) is 2.88. The minimum atomic E-state index is -0.154. The molecule has 2 aromatic heterocycles. The van der Waals surface area contributed by atoms with E-state index in [-0.39, 0.29) is 5.91 Å². The highest BCUT2D eigenvalue weighted by molar-refractivity contribution is 5.95. The van der Waals surface area contributed by atoms with Gasteiger partial charge in [0, 0.05) is 24.2 Å². The van der Waals surface area contributed by atoms with Crippen LogP contribution >= 0.6 is 0 Å². The SMILES string of the molecule is Cc1ccnc(CNC(=O)c2cncc(-c3ccccc3)c2)c1. The maximum Gasteiger partial charge on any atom is 0.253 e. The van der Waals surface area contributed by atoms with Gasteiger partial charge in [-0.3, -0.25) is 14.8 Å². The van der Waals surface area contributed by atoms with Crippen LogP contribution in [0.2, 0.25) is 0 Å². The van der Waals surface area contributed by atoms with Crippen LogP contribution in [0.4, 0.5) is 0 Å². The van der Waals surface area contributed by atoms with Crippen LogP contribution in [0.5, 0.6) is 0 Å². The van der Waals surface area contributed by atoms with Crippen LogP contribution < -0.4 is 5.32 Å². The Morgan fingerprint density at radius 3 is 2.65 bits per heavy atom. The second kappa shape index (κ2) is 6.83. The lowest BCUT2D eigenvalue weighted by Crippen LogP contribution is -2.23.